The summed E-state index contributed by atoms with van der Waals surface area (Å²) in [4.78, 5) is 12.5. The Morgan fingerprint density at radius 1 is 1.17 bits per heavy atom. The van der Waals surface area contributed by atoms with Crippen molar-refractivity contribution in [3.8, 4) is 17.0 Å². The Kier molecular flexibility index (Phi) is 2.83. The van der Waals surface area contributed by atoms with Crippen molar-refractivity contribution in [1.82, 2.24) is 24.6 Å². The van der Waals surface area contributed by atoms with E-state index in [4.69, 9.17) is 10.5 Å². The van der Waals surface area contributed by atoms with E-state index in [1.807, 2.05) is 0 Å². The Labute approximate surface area is 129 Å². The molecule has 4 rings (SSSR count). The minimum Gasteiger partial charge on any atom is -0.479 e. The fourth-order valence-corrected chi connectivity index (χ4v) is 2.57. The smallest absolute Gasteiger partial charge is 0.243 e. The molecule has 0 atom stereocenters. The second kappa shape index (κ2) is 4.87. The molecule has 114 valence electrons. The molecule has 8 heteroatoms. The normalized spacial score (nSPS) is 11.2. The minimum atomic E-state index is -0.452. The maximum atomic E-state index is 14.5. The van der Waals surface area contributed by atoms with Gasteiger partial charge in [-0.15, -0.1) is 5.10 Å². The van der Waals surface area contributed by atoms with Gasteiger partial charge in [0.2, 0.25) is 11.8 Å². The lowest BCUT2D eigenvalue weighted by Crippen LogP contribution is -2.03. The number of nitrogens with two attached hydrogens (primary N) is 1. The zero-order valence-corrected chi connectivity index (χ0v) is 12.1. The molecule has 0 radical (unpaired) electrons. The van der Waals surface area contributed by atoms with Gasteiger partial charge in [0, 0.05) is 12.4 Å². The van der Waals surface area contributed by atoms with Crippen LogP contribution in [0.1, 0.15) is 0 Å². The van der Waals surface area contributed by atoms with Crippen LogP contribution in [0.15, 0.2) is 36.8 Å². The van der Waals surface area contributed by atoms with Gasteiger partial charge in [0.05, 0.1) is 29.9 Å². The van der Waals surface area contributed by atoms with E-state index in [0.29, 0.717) is 22.2 Å². The van der Waals surface area contributed by atoms with Gasteiger partial charge >= 0.3 is 0 Å². The van der Waals surface area contributed by atoms with E-state index in [1.54, 1.807) is 30.6 Å². The molecule has 0 bridgehead atoms. The first-order chi connectivity index (χ1) is 11.2. The zero-order valence-electron chi connectivity index (χ0n) is 12.1. The molecule has 0 unspecified atom stereocenters. The number of methoxy groups -OCH3 is 1. The molecule has 0 aliphatic rings. The molecule has 23 heavy (non-hydrogen) atoms. The number of rotatable bonds is 2. The zero-order chi connectivity index (χ0) is 16.0. The summed E-state index contributed by atoms with van der Waals surface area (Å²) >= 11 is 0. The van der Waals surface area contributed by atoms with Gasteiger partial charge in [0.15, 0.2) is 5.82 Å². The van der Waals surface area contributed by atoms with Gasteiger partial charge in [0.25, 0.3) is 0 Å². The fraction of sp³-hybridized carbons (Fsp3) is 0.0667. The number of anilines is 1. The number of benzene rings is 1. The molecule has 0 fully saturated rings. The van der Waals surface area contributed by atoms with Crippen LogP contribution in [-0.2, 0) is 0 Å². The Hall–Kier alpha value is -3.29. The Bertz CT molecular complexity index is 1040. The van der Waals surface area contributed by atoms with E-state index in [0.717, 1.165) is 5.52 Å². The third-order valence-corrected chi connectivity index (χ3v) is 3.52. The molecule has 3 heterocycles. The molecule has 2 N–H and O–H groups in total. The average molecular weight is 310 g/mol. The van der Waals surface area contributed by atoms with E-state index in [9.17, 15) is 4.39 Å². The number of fused-ring (bicyclic) bond motifs is 2. The number of hydrogen-bond donors (Lipinski definition) is 1. The number of nitrogen functional groups attached to an aromatic ring is 1. The van der Waals surface area contributed by atoms with Crippen molar-refractivity contribution in [3.05, 3.63) is 42.6 Å². The van der Waals surface area contributed by atoms with Crippen LogP contribution in [0.5, 0.6) is 5.88 Å². The van der Waals surface area contributed by atoms with Gasteiger partial charge in [-0.25, -0.2) is 8.91 Å². The Morgan fingerprint density at radius 3 is 2.74 bits per heavy atom. The summed E-state index contributed by atoms with van der Waals surface area (Å²) in [6, 6.07) is 5.31. The summed E-state index contributed by atoms with van der Waals surface area (Å²) in [5.41, 5.74) is 8.37. The number of aromatic nitrogens is 5. The SMILES string of the molecule is COc1nc(N)nn2cc(F)c(-c3ccc4nccnc4c3)c12. The van der Waals surface area contributed by atoms with Gasteiger partial charge < -0.3 is 10.5 Å². The molecule has 0 aliphatic heterocycles. The molecule has 0 spiro atoms. The first-order valence-electron chi connectivity index (χ1n) is 6.77. The largest absolute Gasteiger partial charge is 0.479 e. The molecule has 0 saturated carbocycles. The van der Waals surface area contributed by atoms with Crippen molar-refractivity contribution in [1.29, 1.82) is 0 Å². The summed E-state index contributed by atoms with van der Waals surface area (Å²) in [6.45, 7) is 0. The molecule has 0 aliphatic carbocycles. The van der Waals surface area contributed by atoms with Gasteiger partial charge in [-0.05, 0) is 17.7 Å². The second-order valence-corrected chi connectivity index (χ2v) is 4.88. The van der Waals surface area contributed by atoms with E-state index >= 15 is 0 Å². The predicted octanol–water partition coefficient (Wildman–Crippen LogP) is 2.07. The maximum Gasteiger partial charge on any atom is 0.243 e. The highest BCUT2D eigenvalue weighted by atomic mass is 19.1. The van der Waals surface area contributed by atoms with Crippen LogP contribution < -0.4 is 10.5 Å². The quantitative estimate of drug-likeness (QED) is 0.609. The Balaban J connectivity index is 2.05. The molecule has 4 aromatic rings. The summed E-state index contributed by atoms with van der Waals surface area (Å²) < 4.78 is 21.1. The van der Waals surface area contributed by atoms with Crippen LogP contribution in [0, 0.1) is 5.82 Å². The van der Waals surface area contributed by atoms with E-state index in [-0.39, 0.29) is 11.8 Å². The van der Waals surface area contributed by atoms with Crippen LogP contribution in [0.25, 0.3) is 27.7 Å². The molecule has 1 aromatic carbocycles. The lowest BCUT2D eigenvalue weighted by atomic mass is 10.1. The first kappa shape index (κ1) is 13.4. The van der Waals surface area contributed by atoms with Crippen LogP contribution in [0.2, 0.25) is 0 Å². The molecule has 0 saturated heterocycles. The standard InChI is InChI=1S/C15H11FN6O/c1-23-14-13-12(9(16)7-22(13)21-15(17)20-14)8-2-3-10-11(6-8)19-5-4-18-10/h2-7H,1H3,(H2,17,21). The third kappa shape index (κ3) is 2.03. The van der Waals surface area contributed by atoms with E-state index in [1.165, 1.54) is 17.8 Å². The van der Waals surface area contributed by atoms with E-state index < -0.39 is 5.82 Å². The minimum absolute atomic E-state index is 0.000258. The first-order valence-corrected chi connectivity index (χ1v) is 6.77. The van der Waals surface area contributed by atoms with Crippen LogP contribution >= 0.6 is 0 Å². The molecule has 7 nitrogen and oxygen atoms in total. The maximum absolute atomic E-state index is 14.5. The number of halogens is 1. The van der Waals surface area contributed by atoms with Crippen molar-refractivity contribution < 1.29 is 9.13 Å². The number of hydrogen-bond acceptors (Lipinski definition) is 6. The van der Waals surface area contributed by atoms with E-state index in [2.05, 4.69) is 20.1 Å². The topological polar surface area (TPSA) is 91.2 Å². The summed E-state index contributed by atoms with van der Waals surface area (Å²) in [5, 5.41) is 3.99. The monoisotopic (exact) mass is 310 g/mol. The lowest BCUT2D eigenvalue weighted by Gasteiger charge is -2.06. The summed E-state index contributed by atoms with van der Waals surface area (Å²) in [5.74, 6) is -0.248. The molecular formula is C15H11FN6O. The van der Waals surface area contributed by atoms with Gasteiger partial charge in [-0.3, -0.25) is 9.97 Å². The van der Waals surface area contributed by atoms with Crippen molar-refractivity contribution in [2.24, 2.45) is 0 Å². The van der Waals surface area contributed by atoms with Crippen molar-refractivity contribution in [2.75, 3.05) is 12.8 Å². The van der Waals surface area contributed by atoms with Gasteiger partial charge in [-0.1, -0.05) is 6.07 Å². The molecular weight excluding hydrogens is 299 g/mol. The number of ether oxygens (including phenoxy) is 1. The lowest BCUT2D eigenvalue weighted by molar-refractivity contribution is 0.400. The summed E-state index contributed by atoms with van der Waals surface area (Å²) in [6.07, 6.45) is 4.44. The van der Waals surface area contributed by atoms with Crippen LogP contribution in [0.4, 0.5) is 10.3 Å². The molecule has 0 amide bonds. The number of nitrogens with zero attached hydrogens (tertiary/aromatic N) is 5. The van der Waals surface area contributed by atoms with Crippen molar-refractivity contribution in [3.63, 3.8) is 0 Å². The highest BCUT2D eigenvalue weighted by molar-refractivity contribution is 5.89. The second-order valence-electron chi connectivity index (χ2n) is 4.88. The van der Waals surface area contributed by atoms with Crippen molar-refractivity contribution in [2.45, 2.75) is 0 Å². The fourth-order valence-electron chi connectivity index (χ4n) is 2.57. The molecule has 3 aromatic heterocycles. The van der Waals surface area contributed by atoms with Gasteiger partial charge in [0.1, 0.15) is 5.52 Å². The Morgan fingerprint density at radius 2 is 1.96 bits per heavy atom. The highest BCUT2D eigenvalue weighted by Crippen LogP contribution is 2.34. The average Bonchev–Trinajstić information content (AvgIpc) is 2.89. The van der Waals surface area contributed by atoms with Crippen LogP contribution in [-0.4, -0.2) is 31.7 Å². The summed E-state index contributed by atoms with van der Waals surface area (Å²) in [7, 11) is 1.45. The predicted molar refractivity (Wildman–Crippen MR) is 82.4 cm³/mol. The third-order valence-electron chi connectivity index (χ3n) is 3.52. The highest BCUT2D eigenvalue weighted by Gasteiger charge is 2.19. The van der Waals surface area contributed by atoms with Gasteiger partial charge in [-0.2, -0.15) is 4.98 Å². The van der Waals surface area contributed by atoms with Crippen LogP contribution in [0.3, 0.4) is 0 Å². The van der Waals surface area contributed by atoms with Crippen molar-refractivity contribution >= 4 is 22.5 Å².